The summed E-state index contributed by atoms with van der Waals surface area (Å²) in [5.41, 5.74) is 2.11. The number of carbonyl (C=O) groups is 1. The highest BCUT2D eigenvalue weighted by Gasteiger charge is 2.24. The van der Waals surface area contributed by atoms with Crippen LogP contribution in [-0.4, -0.2) is 33.5 Å². The highest BCUT2D eigenvalue weighted by atomic mass is 16.5. The Kier molecular flexibility index (Phi) is 6.57. The molecule has 0 bridgehead atoms. The second kappa shape index (κ2) is 8.47. The van der Waals surface area contributed by atoms with Crippen LogP contribution in [0.2, 0.25) is 0 Å². The van der Waals surface area contributed by atoms with Crippen molar-refractivity contribution in [3.05, 3.63) is 35.7 Å². The molecule has 1 aromatic carbocycles. The number of hydrogen-bond donors (Lipinski definition) is 0. The molecule has 26 heavy (non-hydrogen) atoms. The van der Waals surface area contributed by atoms with E-state index in [1.807, 2.05) is 36.1 Å². The highest BCUT2D eigenvalue weighted by molar-refractivity contribution is 5.77. The van der Waals surface area contributed by atoms with Crippen molar-refractivity contribution in [3.63, 3.8) is 0 Å². The van der Waals surface area contributed by atoms with Crippen molar-refractivity contribution in [2.75, 3.05) is 6.54 Å². The Balaban J connectivity index is 2.04. The second-order valence-corrected chi connectivity index (χ2v) is 8.21. The molecule has 0 radical (unpaired) electrons. The normalized spacial score (nSPS) is 12.8. The summed E-state index contributed by atoms with van der Waals surface area (Å²) in [6.07, 6.45) is 2.03. The fourth-order valence-corrected chi connectivity index (χ4v) is 2.76. The summed E-state index contributed by atoms with van der Waals surface area (Å²) in [4.78, 5) is 19.1. The molecule has 0 fully saturated rings. The summed E-state index contributed by atoms with van der Waals surface area (Å²) in [6.45, 7) is 13.1. The molecule has 2 aromatic rings. The third-order valence-corrected chi connectivity index (χ3v) is 4.47. The molecule has 5 heteroatoms. The number of benzene rings is 1. The molecular weight excluding hydrogens is 326 g/mol. The van der Waals surface area contributed by atoms with Crippen LogP contribution < -0.4 is 0 Å². The molecule has 5 nitrogen and oxygen atoms in total. The number of hydrogen-bond acceptors (Lipinski definition) is 4. The molecule has 0 aliphatic rings. The van der Waals surface area contributed by atoms with Gasteiger partial charge < -0.3 is 9.42 Å². The van der Waals surface area contributed by atoms with Gasteiger partial charge >= 0.3 is 0 Å². The number of amides is 1. The summed E-state index contributed by atoms with van der Waals surface area (Å²) in [5, 5.41) is 4.07. The number of nitrogens with zero attached hydrogens (tertiary/aromatic N) is 3. The Morgan fingerprint density at radius 2 is 1.88 bits per heavy atom. The van der Waals surface area contributed by atoms with Gasteiger partial charge in [-0.05, 0) is 25.7 Å². The third kappa shape index (κ3) is 5.68. The van der Waals surface area contributed by atoms with E-state index in [4.69, 9.17) is 4.52 Å². The van der Waals surface area contributed by atoms with E-state index >= 15 is 0 Å². The molecule has 1 heterocycles. The minimum absolute atomic E-state index is 0.0219. The van der Waals surface area contributed by atoms with Gasteiger partial charge in [0.15, 0.2) is 0 Å². The first-order valence-electron chi connectivity index (χ1n) is 9.38. The molecule has 0 unspecified atom stereocenters. The van der Waals surface area contributed by atoms with E-state index in [2.05, 4.69) is 44.8 Å². The standard InChI is InChI=1S/C21H31N3O2/c1-7-16(3)24(19(25)14-21(4,5)6)13-12-18-22-20(23-26-18)17-10-8-15(2)9-11-17/h8-11,16H,7,12-14H2,1-6H3/t16-/m0/s1. The van der Waals surface area contributed by atoms with Gasteiger partial charge in [-0.1, -0.05) is 62.7 Å². The predicted molar refractivity (Wildman–Crippen MR) is 104 cm³/mol. The first-order chi connectivity index (χ1) is 12.2. The van der Waals surface area contributed by atoms with Crippen LogP contribution in [0, 0.1) is 12.3 Å². The van der Waals surface area contributed by atoms with Gasteiger partial charge in [-0.3, -0.25) is 4.79 Å². The largest absolute Gasteiger partial charge is 0.339 e. The Morgan fingerprint density at radius 1 is 1.23 bits per heavy atom. The minimum Gasteiger partial charge on any atom is -0.339 e. The zero-order valence-electron chi connectivity index (χ0n) is 16.9. The van der Waals surface area contributed by atoms with Crippen LogP contribution in [0.3, 0.4) is 0 Å². The van der Waals surface area contributed by atoms with Crippen LogP contribution in [-0.2, 0) is 11.2 Å². The molecule has 1 aromatic heterocycles. The Bertz CT molecular complexity index is 714. The van der Waals surface area contributed by atoms with Gasteiger partial charge in [0.2, 0.25) is 17.6 Å². The molecule has 0 saturated heterocycles. The molecule has 142 valence electrons. The summed E-state index contributed by atoms with van der Waals surface area (Å²) in [5.74, 6) is 1.35. The van der Waals surface area contributed by atoms with Gasteiger partial charge in [0.05, 0.1) is 0 Å². The molecule has 0 N–H and O–H groups in total. The Labute approximate surface area is 156 Å². The van der Waals surface area contributed by atoms with Crippen LogP contribution >= 0.6 is 0 Å². The van der Waals surface area contributed by atoms with E-state index in [-0.39, 0.29) is 17.4 Å². The number of aromatic nitrogens is 2. The van der Waals surface area contributed by atoms with Gasteiger partial charge in [-0.25, -0.2) is 0 Å². The average Bonchev–Trinajstić information content (AvgIpc) is 3.02. The molecule has 1 atom stereocenters. The maximum Gasteiger partial charge on any atom is 0.228 e. The zero-order chi connectivity index (χ0) is 19.3. The fraction of sp³-hybridized carbons (Fsp3) is 0.571. The second-order valence-electron chi connectivity index (χ2n) is 8.21. The lowest BCUT2D eigenvalue weighted by molar-refractivity contribution is -0.135. The van der Waals surface area contributed by atoms with Crippen molar-refractivity contribution in [3.8, 4) is 11.4 Å². The van der Waals surface area contributed by atoms with Crippen molar-refractivity contribution in [1.29, 1.82) is 0 Å². The van der Waals surface area contributed by atoms with E-state index < -0.39 is 0 Å². The molecule has 2 rings (SSSR count). The van der Waals surface area contributed by atoms with Crippen molar-refractivity contribution in [1.82, 2.24) is 15.0 Å². The summed E-state index contributed by atoms with van der Waals surface area (Å²) in [6, 6.07) is 8.23. The first-order valence-corrected chi connectivity index (χ1v) is 9.38. The summed E-state index contributed by atoms with van der Waals surface area (Å²) >= 11 is 0. The number of rotatable bonds is 7. The van der Waals surface area contributed by atoms with Gasteiger partial charge in [0.25, 0.3) is 0 Å². The van der Waals surface area contributed by atoms with E-state index in [1.54, 1.807) is 0 Å². The molecule has 0 aliphatic carbocycles. The van der Waals surface area contributed by atoms with Crippen LogP contribution in [0.25, 0.3) is 11.4 Å². The number of aryl methyl sites for hydroxylation is 1. The molecule has 0 saturated carbocycles. The maximum atomic E-state index is 12.7. The Hall–Kier alpha value is -2.17. The van der Waals surface area contributed by atoms with Gasteiger partial charge in [-0.2, -0.15) is 4.98 Å². The summed E-state index contributed by atoms with van der Waals surface area (Å²) < 4.78 is 5.39. The quantitative estimate of drug-likeness (QED) is 0.723. The smallest absolute Gasteiger partial charge is 0.228 e. The SMILES string of the molecule is CC[C@H](C)N(CCc1nc(-c2ccc(C)cc2)no1)C(=O)CC(C)(C)C. The molecule has 0 spiro atoms. The van der Waals surface area contributed by atoms with Gasteiger partial charge in [0, 0.05) is 31.0 Å². The minimum atomic E-state index is -0.0219. The highest BCUT2D eigenvalue weighted by Crippen LogP contribution is 2.22. The van der Waals surface area contributed by atoms with Crippen LogP contribution in [0.1, 0.15) is 58.9 Å². The van der Waals surface area contributed by atoms with Crippen molar-refractivity contribution in [2.24, 2.45) is 5.41 Å². The van der Waals surface area contributed by atoms with E-state index in [0.717, 1.165) is 12.0 Å². The zero-order valence-corrected chi connectivity index (χ0v) is 16.9. The van der Waals surface area contributed by atoms with E-state index in [1.165, 1.54) is 5.56 Å². The van der Waals surface area contributed by atoms with Crippen molar-refractivity contribution >= 4 is 5.91 Å². The first kappa shape index (κ1) is 20.1. The monoisotopic (exact) mass is 357 g/mol. The van der Waals surface area contributed by atoms with Crippen molar-refractivity contribution < 1.29 is 9.32 Å². The summed E-state index contributed by atoms with van der Waals surface area (Å²) in [7, 11) is 0. The lowest BCUT2D eigenvalue weighted by Gasteiger charge is -2.31. The lowest BCUT2D eigenvalue weighted by Crippen LogP contribution is -2.41. The van der Waals surface area contributed by atoms with Crippen LogP contribution in [0.4, 0.5) is 0 Å². The van der Waals surface area contributed by atoms with Crippen molar-refractivity contribution in [2.45, 2.75) is 66.8 Å². The molecular formula is C21H31N3O2. The third-order valence-electron chi connectivity index (χ3n) is 4.47. The lowest BCUT2D eigenvalue weighted by atomic mass is 9.91. The number of carbonyl (C=O) groups excluding carboxylic acids is 1. The maximum absolute atomic E-state index is 12.7. The molecule has 0 aliphatic heterocycles. The Morgan fingerprint density at radius 3 is 2.46 bits per heavy atom. The van der Waals surface area contributed by atoms with E-state index in [9.17, 15) is 4.79 Å². The van der Waals surface area contributed by atoms with Gasteiger partial charge in [-0.15, -0.1) is 0 Å². The van der Waals surface area contributed by atoms with Gasteiger partial charge in [0.1, 0.15) is 0 Å². The molecule has 1 amide bonds. The average molecular weight is 357 g/mol. The fourth-order valence-electron chi connectivity index (χ4n) is 2.76. The van der Waals surface area contributed by atoms with Crippen LogP contribution in [0.15, 0.2) is 28.8 Å². The van der Waals surface area contributed by atoms with E-state index in [0.29, 0.717) is 31.1 Å². The van der Waals surface area contributed by atoms with Crippen LogP contribution in [0.5, 0.6) is 0 Å². The predicted octanol–water partition coefficient (Wildman–Crippen LogP) is 4.65. The topological polar surface area (TPSA) is 59.2 Å².